The van der Waals surface area contributed by atoms with Crippen molar-refractivity contribution in [1.82, 2.24) is 15.1 Å². The highest BCUT2D eigenvalue weighted by Crippen LogP contribution is 2.31. The standard InChI is InChI=1S/C19H17N3O3/c1-22-19(24)13-7-3-2-6-12(13)17(21-22)18(23)20-15-10-11-25-16-9-5-4-8-14(15)16/h2-9,15H,10-11H2,1H3,(H,20,23). The largest absolute Gasteiger partial charge is 0.493 e. The minimum Gasteiger partial charge on any atom is -0.493 e. The average Bonchev–Trinajstić information content (AvgIpc) is 2.65. The molecule has 0 bridgehead atoms. The molecule has 1 atom stereocenters. The first-order valence-corrected chi connectivity index (χ1v) is 8.14. The monoisotopic (exact) mass is 335 g/mol. The molecular weight excluding hydrogens is 318 g/mol. The topological polar surface area (TPSA) is 73.2 Å². The fourth-order valence-electron chi connectivity index (χ4n) is 3.19. The zero-order chi connectivity index (χ0) is 17.4. The highest BCUT2D eigenvalue weighted by Gasteiger charge is 2.25. The number of amides is 1. The van der Waals surface area contributed by atoms with Gasteiger partial charge in [0.1, 0.15) is 5.75 Å². The number of nitrogens with zero attached hydrogens (tertiary/aromatic N) is 2. The van der Waals surface area contributed by atoms with Gasteiger partial charge in [0.2, 0.25) is 0 Å². The molecule has 6 heteroatoms. The molecule has 0 fully saturated rings. The van der Waals surface area contributed by atoms with E-state index in [0.29, 0.717) is 23.8 Å². The van der Waals surface area contributed by atoms with Crippen LogP contribution >= 0.6 is 0 Å². The van der Waals surface area contributed by atoms with Crippen molar-refractivity contribution in [3.8, 4) is 5.75 Å². The number of hydrogen-bond donors (Lipinski definition) is 1. The van der Waals surface area contributed by atoms with Crippen LogP contribution in [0.5, 0.6) is 5.75 Å². The molecule has 0 saturated heterocycles. The number of benzene rings is 2. The van der Waals surface area contributed by atoms with Gasteiger partial charge in [0.05, 0.1) is 18.0 Å². The number of nitrogens with one attached hydrogen (secondary N) is 1. The lowest BCUT2D eigenvalue weighted by atomic mass is 10.00. The number of para-hydroxylation sites is 1. The second-order valence-electron chi connectivity index (χ2n) is 6.02. The number of carbonyl (C=O) groups excluding carboxylic acids is 1. The summed E-state index contributed by atoms with van der Waals surface area (Å²) in [6.45, 7) is 0.545. The van der Waals surface area contributed by atoms with Gasteiger partial charge in [-0.05, 0) is 12.1 Å². The smallest absolute Gasteiger partial charge is 0.274 e. The van der Waals surface area contributed by atoms with Crippen LogP contribution < -0.4 is 15.6 Å². The van der Waals surface area contributed by atoms with E-state index in [9.17, 15) is 9.59 Å². The molecule has 1 unspecified atom stereocenters. The van der Waals surface area contributed by atoms with Gasteiger partial charge in [-0.2, -0.15) is 5.10 Å². The molecule has 6 nitrogen and oxygen atoms in total. The van der Waals surface area contributed by atoms with Crippen molar-refractivity contribution in [3.63, 3.8) is 0 Å². The second-order valence-corrected chi connectivity index (χ2v) is 6.02. The summed E-state index contributed by atoms with van der Waals surface area (Å²) in [4.78, 5) is 25.1. The van der Waals surface area contributed by atoms with Gasteiger partial charge in [-0.1, -0.05) is 36.4 Å². The second kappa shape index (κ2) is 6.05. The first-order chi connectivity index (χ1) is 12.1. The molecular formula is C19H17N3O3. The van der Waals surface area contributed by atoms with Crippen LogP contribution in [0.15, 0.2) is 53.3 Å². The normalized spacial score (nSPS) is 16.1. The van der Waals surface area contributed by atoms with Gasteiger partial charge in [0.15, 0.2) is 5.69 Å². The minimum absolute atomic E-state index is 0.143. The maximum atomic E-state index is 12.9. The van der Waals surface area contributed by atoms with E-state index in [-0.39, 0.29) is 23.2 Å². The Bertz CT molecular complexity index is 1030. The molecule has 1 N–H and O–H groups in total. The van der Waals surface area contributed by atoms with Crippen LogP contribution in [-0.2, 0) is 7.05 Å². The third kappa shape index (κ3) is 2.65. The van der Waals surface area contributed by atoms with Crippen molar-refractivity contribution >= 4 is 16.7 Å². The summed E-state index contributed by atoms with van der Waals surface area (Å²) >= 11 is 0. The lowest BCUT2D eigenvalue weighted by Crippen LogP contribution is -2.34. The van der Waals surface area contributed by atoms with E-state index >= 15 is 0 Å². The zero-order valence-corrected chi connectivity index (χ0v) is 13.7. The molecule has 1 aromatic heterocycles. The summed E-state index contributed by atoms with van der Waals surface area (Å²) in [6.07, 6.45) is 0.687. The molecule has 3 aromatic rings. The van der Waals surface area contributed by atoms with E-state index < -0.39 is 0 Å². The van der Waals surface area contributed by atoms with Crippen molar-refractivity contribution in [2.45, 2.75) is 12.5 Å². The summed E-state index contributed by atoms with van der Waals surface area (Å²) in [7, 11) is 1.55. The van der Waals surface area contributed by atoms with Crippen LogP contribution in [0, 0.1) is 0 Å². The van der Waals surface area contributed by atoms with E-state index in [1.165, 1.54) is 4.68 Å². The van der Waals surface area contributed by atoms with Gasteiger partial charge in [-0.25, -0.2) is 4.68 Å². The highest BCUT2D eigenvalue weighted by atomic mass is 16.5. The molecule has 4 rings (SSSR count). The van der Waals surface area contributed by atoms with E-state index in [1.54, 1.807) is 31.3 Å². The molecule has 1 aliphatic heterocycles. The molecule has 2 aromatic carbocycles. The van der Waals surface area contributed by atoms with Crippen molar-refractivity contribution in [2.75, 3.05) is 6.61 Å². The Morgan fingerprint density at radius 2 is 1.88 bits per heavy atom. The number of fused-ring (bicyclic) bond motifs is 2. The number of ether oxygens (including phenoxy) is 1. The molecule has 0 radical (unpaired) electrons. The van der Waals surface area contributed by atoms with Crippen LogP contribution in [-0.4, -0.2) is 22.3 Å². The highest BCUT2D eigenvalue weighted by molar-refractivity contribution is 6.04. The van der Waals surface area contributed by atoms with Gasteiger partial charge in [-0.15, -0.1) is 0 Å². The van der Waals surface area contributed by atoms with Crippen LogP contribution in [0.4, 0.5) is 0 Å². The number of rotatable bonds is 2. The number of aryl methyl sites for hydroxylation is 1. The lowest BCUT2D eigenvalue weighted by Gasteiger charge is -2.26. The van der Waals surface area contributed by atoms with Crippen LogP contribution in [0.25, 0.3) is 10.8 Å². The average molecular weight is 335 g/mol. The number of carbonyl (C=O) groups is 1. The maximum absolute atomic E-state index is 12.9. The van der Waals surface area contributed by atoms with Gasteiger partial charge >= 0.3 is 0 Å². The molecule has 126 valence electrons. The van der Waals surface area contributed by atoms with Crippen LogP contribution in [0.2, 0.25) is 0 Å². The van der Waals surface area contributed by atoms with E-state index in [1.807, 2.05) is 24.3 Å². The summed E-state index contributed by atoms with van der Waals surface area (Å²) in [5.74, 6) is 0.492. The number of hydrogen-bond acceptors (Lipinski definition) is 4. The van der Waals surface area contributed by atoms with Crippen LogP contribution in [0.3, 0.4) is 0 Å². The third-order valence-corrected chi connectivity index (χ3v) is 4.44. The summed E-state index contributed by atoms with van der Waals surface area (Å²) in [6, 6.07) is 14.6. The molecule has 0 aliphatic carbocycles. The van der Waals surface area contributed by atoms with Crippen molar-refractivity contribution in [2.24, 2.45) is 7.05 Å². The third-order valence-electron chi connectivity index (χ3n) is 4.44. The Labute approximate surface area is 144 Å². The summed E-state index contributed by atoms with van der Waals surface area (Å²) < 4.78 is 6.84. The maximum Gasteiger partial charge on any atom is 0.274 e. The predicted octanol–water partition coefficient (Wildman–Crippen LogP) is 2.19. The van der Waals surface area contributed by atoms with Crippen molar-refractivity contribution in [3.05, 3.63) is 70.1 Å². The fourth-order valence-corrected chi connectivity index (χ4v) is 3.19. The zero-order valence-electron chi connectivity index (χ0n) is 13.7. The quantitative estimate of drug-likeness (QED) is 0.779. The predicted molar refractivity (Wildman–Crippen MR) is 93.7 cm³/mol. The fraction of sp³-hybridized carbons (Fsp3) is 0.211. The van der Waals surface area contributed by atoms with Crippen LogP contribution in [0.1, 0.15) is 28.5 Å². The molecule has 0 saturated carbocycles. The Kier molecular flexibility index (Phi) is 3.72. The summed E-state index contributed by atoms with van der Waals surface area (Å²) in [5.41, 5.74) is 0.987. The first-order valence-electron chi connectivity index (χ1n) is 8.14. The molecule has 1 amide bonds. The number of aromatic nitrogens is 2. The van der Waals surface area contributed by atoms with Gasteiger partial charge in [0.25, 0.3) is 11.5 Å². The van der Waals surface area contributed by atoms with E-state index in [2.05, 4.69) is 10.4 Å². The first kappa shape index (κ1) is 15.4. The van der Waals surface area contributed by atoms with Gasteiger partial charge in [0, 0.05) is 24.4 Å². The van der Waals surface area contributed by atoms with Gasteiger partial charge in [-0.3, -0.25) is 9.59 Å². The lowest BCUT2D eigenvalue weighted by molar-refractivity contribution is 0.0919. The van der Waals surface area contributed by atoms with E-state index in [4.69, 9.17) is 4.74 Å². The Balaban J connectivity index is 1.73. The van der Waals surface area contributed by atoms with Crippen molar-refractivity contribution in [1.29, 1.82) is 0 Å². The minimum atomic E-state index is -0.298. The van der Waals surface area contributed by atoms with E-state index in [0.717, 1.165) is 11.3 Å². The summed E-state index contributed by atoms with van der Waals surface area (Å²) in [5, 5.41) is 8.26. The molecule has 2 heterocycles. The van der Waals surface area contributed by atoms with Gasteiger partial charge < -0.3 is 10.1 Å². The molecule has 25 heavy (non-hydrogen) atoms. The Hall–Kier alpha value is -3.15. The molecule has 0 spiro atoms. The molecule has 1 aliphatic rings. The Morgan fingerprint density at radius 1 is 1.16 bits per heavy atom. The SMILES string of the molecule is Cn1nc(C(=O)NC2CCOc3ccccc32)c2ccccc2c1=O. The Morgan fingerprint density at radius 3 is 2.72 bits per heavy atom. The van der Waals surface area contributed by atoms with Crippen molar-refractivity contribution < 1.29 is 9.53 Å².